The molecule has 1 aromatic rings. The fourth-order valence-electron chi connectivity index (χ4n) is 3.38. The van der Waals surface area contributed by atoms with Crippen LogP contribution >= 0.6 is 0 Å². The Bertz CT molecular complexity index is 589. The van der Waals surface area contributed by atoms with E-state index in [0.29, 0.717) is 6.54 Å². The van der Waals surface area contributed by atoms with E-state index in [1.807, 2.05) is 13.0 Å². The van der Waals surface area contributed by atoms with Crippen molar-refractivity contribution in [1.29, 1.82) is 0 Å². The van der Waals surface area contributed by atoms with Crippen LogP contribution in [0.1, 0.15) is 43.0 Å². The first-order valence-corrected chi connectivity index (χ1v) is 8.40. The molecule has 1 aliphatic heterocycles. The maximum absolute atomic E-state index is 12.0. The highest BCUT2D eigenvalue weighted by Crippen LogP contribution is 2.43. The topological polar surface area (TPSA) is 60.0 Å². The van der Waals surface area contributed by atoms with Crippen LogP contribution in [0.4, 0.5) is 4.79 Å². The van der Waals surface area contributed by atoms with Crippen molar-refractivity contribution < 1.29 is 19.0 Å². The fourth-order valence-corrected chi connectivity index (χ4v) is 3.38. The molecule has 1 unspecified atom stereocenters. The van der Waals surface area contributed by atoms with Crippen molar-refractivity contribution in [2.45, 2.75) is 39.3 Å². The van der Waals surface area contributed by atoms with Gasteiger partial charge in [0.15, 0.2) is 0 Å². The Morgan fingerprint density at radius 3 is 2.67 bits per heavy atom. The monoisotopic (exact) mass is 336 g/mol. The van der Waals surface area contributed by atoms with E-state index in [4.69, 9.17) is 14.2 Å². The number of nitrogens with zero attached hydrogens (tertiary/aromatic N) is 1. The molecule has 1 atom stereocenters. The molecule has 1 amide bonds. The highest BCUT2D eigenvalue weighted by molar-refractivity contribution is 5.70. The van der Waals surface area contributed by atoms with Gasteiger partial charge in [-0.2, -0.15) is 0 Å². The number of methoxy groups -OCH3 is 3. The molecule has 6 nitrogen and oxygen atoms in total. The molecule has 0 fully saturated rings. The number of carbonyl (C=O) groups is 1. The highest BCUT2D eigenvalue weighted by Gasteiger charge is 2.33. The Kier molecular flexibility index (Phi) is 6.31. The van der Waals surface area contributed by atoms with E-state index < -0.39 is 0 Å². The number of ether oxygens (including phenoxy) is 3. The summed E-state index contributed by atoms with van der Waals surface area (Å²) < 4.78 is 16.2. The van der Waals surface area contributed by atoms with Gasteiger partial charge in [-0.3, -0.25) is 0 Å². The average molecular weight is 336 g/mol. The Labute approximate surface area is 144 Å². The van der Waals surface area contributed by atoms with E-state index >= 15 is 0 Å². The number of hydrogen-bond acceptors (Lipinski definition) is 5. The summed E-state index contributed by atoms with van der Waals surface area (Å²) in [7, 11) is 4.77. The summed E-state index contributed by atoms with van der Waals surface area (Å²) in [4.78, 5) is 13.7. The molecular weight excluding hydrogens is 308 g/mol. The van der Waals surface area contributed by atoms with Crippen molar-refractivity contribution in [3.8, 4) is 11.5 Å². The van der Waals surface area contributed by atoms with E-state index in [2.05, 4.69) is 12.2 Å². The maximum Gasteiger partial charge on any atom is 0.409 e. The van der Waals surface area contributed by atoms with Gasteiger partial charge in [0.1, 0.15) is 11.5 Å². The van der Waals surface area contributed by atoms with Crippen molar-refractivity contribution in [1.82, 2.24) is 10.2 Å². The first-order valence-electron chi connectivity index (χ1n) is 8.40. The number of rotatable bonds is 6. The van der Waals surface area contributed by atoms with Gasteiger partial charge in [0.2, 0.25) is 0 Å². The predicted octanol–water partition coefficient (Wildman–Crippen LogP) is 2.89. The quantitative estimate of drug-likeness (QED) is 0.810. The first-order chi connectivity index (χ1) is 11.6. The van der Waals surface area contributed by atoms with Crippen LogP contribution in [0.2, 0.25) is 0 Å². The fraction of sp³-hybridized carbons (Fsp3) is 0.611. The lowest BCUT2D eigenvalue weighted by atomic mass is 9.89. The number of benzene rings is 1. The van der Waals surface area contributed by atoms with E-state index in [9.17, 15) is 4.79 Å². The van der Waals surface area contributed by atoms with Gasteiger partial charge in [0.05, 0.1) is 27.4 Å². The van der Waals surface area contributed by atoms with Crippen molar-refractivity contribution in [2.75, 3.05) is 34.4 Å². The van der Waals surface area contributed by atoms with E-state index in [0.717, 1.165) is 54.1 Å². The summed E-state index contributed by atoms with van der Waals surface area (Å²) in [6, 6.07) is 1.89. The van der Waals surface area contributed by atoms with Gasteiger partial charge >= 0.3 is 6.09 Å². The third kappa shape index (κ3) is 3.43. The first kappa shape index (κ1) is 18.4. The molecule has 0 bridgehead atoms. The van der Waals surface area contributed by atoms with Crippen LogP contribution in [0.3, 0.4) is 0 Å². The van der Waals surface area contributed by atoms with Gasteiger partial charge in [-0.05, 0) is 32.4 Å². The lowest BCUT2D eigenvalue weighted by molar-refractivity contribution is 0.104. The molecule has 0 radical (unpaired) electrons. The van der Waals surface area contributed by atoms with Gasteiger partial charge in [-0.15, -0.1) is 0 Å². The molecule has 0 spiro atoms. The largest absolute Gasteiger partial charge is 0.496 e. The third-order valence-electron chi connectivity index (χ3n) is 4.53. The zero-order valence-electron chi connectivity index (χ0n) is 15.3. The van der Waals surface area contributed by atoms with Gasteiger partial charge in [0, 0.05) is 29.8 Å². The molecule has 1 heterocycles. The van der Waals surface area contributed by atoms with Crippen LogP contribution in [-0.4, -0.2) is 45.4 Å². The lowest BCUT2D eigenvalue weighted by Gasteiger charge is -2.36. The molecule has 1 aromatic carbocycles. The Morgan fingerprint density at radius 2 is 2.08 bits per heavy atom. The number of amides is 1. The minimum atomic E-state index is -0.317. The van der Waals surface area contributed by atoms with Crippen molar-refractivity contribution in [3.63, 3.8) is 0 Å². The summed E-state index contributed by atoms with van der Waals surface area (Å²) >= 11 is 0. The molecule has 0 saturated heterocycles. The van der Waals surface area contributed by atoms with Crippen molar-refractivity contribution in [3.05, 3.63) is 22.8 Å². The Morgan fingerprint density at radius 1 is 1.33 bits per heavy atom. The zero-order valence-corrected chi connectivity index (χ0v) is 15.3. The van der Waals surface area contributed by atoms with Crippen LogP contribution < -0.4 is 14.8 Å². The minimum absolute atomic E-state index is 0.122. The van der Waals surface area contributed by atoms with Gasteiger partial charge in [-0.25, -0.2) is 4.79 Å². The summed E-state index contributed by atoms with van der Waals surface area (Å²) in [6.45, 7) is 6.42. The average Bonchev–Trinajstić information content (AvgIpc) is 2.60. The van der Waals surface area contributed by atoms with E-state index in [1.54, 1.807) is 19.1 Å². The van der Waals surface area contributed by atoms with E-state index in [-0.39, 0.29) is 12.1 Å². The highest BCUT2D eigenvalue weighted by atomic mass is 16.5. The molecule has 0 aliphatic carbocycles. The molecule has 0 aromatic heterocycles. The summed E-state index contributed by atoms with van der Waals surface area (Å²) in [5.74, 6) is 1.69. The van der Waals surface area contributed by atoms with Crippen LogP contribution in [-0.2, 0) is 17.7 Å². The number of hydrogen-bond donors (Lipinski definition) is 1. The summed E-state index contributed by atoms with van der Waals surface area (Å²) in [6.07, 6.45) is 1.48. The molecule has 0 saturated carbocycles. The smallest absolute Gasteiger partial charge is 0.409 e. The van der Waals surface area contributed by atoms with Gasteiger partial charge < -0.3 is 24.4 Å². The third-order valence-corrected chi connectivity index (χ3v) is 4.53. The molecule has 1 N–H and O–H groups in total. The molecule has 2 rings (SSSR count). The normalized spacial score (nSPS) is 16.5. The predicted molar refractivity (Wildman–Crippen MR) is 92.8 cm³/mol. The second-order valence-corrected chi connectivity index (χ2v) is 5.93. The number of nitrogens with one attached hydrogen (secondary N) is 1. The molecular formula is C18H28N2O4. The van der Waals surface area contributed by atoms with Crippen LogP contribution in [0.25, 0.3) is 0 Å². The summed E-state index contributed by atoms with van der Waals surface area (Å²) in [5, 5.41) is 3.41. The zero-order chi connectivity index (χ0) is 17.7. The lowest BCUT2D eigenvalue weighted by Crippen LogP contribution is -2.39. The van der Waals surface area contributed by atoms with E-state index in [1.165, 1.54) is 7.11 Å². The van der Waals surface area contributed by atoms with Crippen molar-refractivity contribution >= 4 is 6.09 Å². The SMILES string of the molecule is CCCNCc1cc(OC)c2c(c1OC)CCN(C(=O)OC)C2C. The number of carbonyl (C=O) groups excluding carboxylic acids is 1. The van der Waals surface area contributed by atoms with Gasteiger partial charge in [0.25, 0.3) is 0 Å². The standard InChI is InChI=1S/C18H28N2O4/c1-6-8-19-11-13-10-15(22-3)16-12(2)20(18(21)24-5)9-7-14(16)17(13)23-4/h10,12,19H,6-9,11H2,1-5H3. The Hall–Kier alpha value is -1.95. The molecule has 1 aliphatic rings. The van der Waals surface area contributed by atoms with Crippen LogP contribution in [0, 0.1) is 0 Å². The number of fused-ring (bicyclic) bond motifs is 1. The van der Waals surface area contributed by atoms with Crippen LogP contribution in [0.5, 0.6) is 11.5 Å². The molecule has 6 heteroatoms. The maximum atomic E-state index is 12.0. The van der Waals surface area contributed by atoms with Gasteiger partial charge in [-0.1, -0.05) is 6.92 Å². The molecule has 134 valence electrons. The second-order valence-electron chi connectivity index (χ2n) is 5.93. The second kappa shape index (κ2) is 8.24. The summed E-state index contributed by atoms with van der Waals surface area (Å²) in [5.41, 5.74) is 3.21. The van der Waals surface area contributed by atoms with Crippen molar-refractivity contribution in [2.24, 2.45) is 0 Å². The van der Waals surface area contributed by atoms with Crippen LogP contribution in [0.15, 0.2) is 6.07 Å². The Balaban J connectivity index is 2.45. The minimum Gasteiger partial charge on any atom is -0.496 e. The molecule has 24 heavy (non-hydrogen) atoms.